The van der Waals surface area contributed by atoms with Gasteiger partial charge in [-0.05, 0) is 17.1 Å². The Bertz CT molecular complexity index is 313. The number of carbonyl (C=O) groups excluding carboxylic acids is 2. The predicted octanol–water partition coefficient (Wildman–Crippen LogP) is 1.35. The highest BCUT2D eigenvalue weighted by Crippen LogP contribution is 2.15. The number of ether oxygens (including phenoxy) is 1. The fourth-order valence-electron chi connectivity index (χ4n) is 1.39. The molecule has 0 heterocycles. The maximum Gasteiger partial charge on any atom is 0.308 e. The number of esters is 1. The van der Waals surface area contributed by atoms with Crippen LogP contribution in [0.3, 0.4) is 0 Å². The maximum absolute atomic E-state index is 11.9. The van der Waals surface area contributed by atoms with Gasteiger partial charge >= 0.3 is 5.97 Å². The van der Waals surface area contributed by atoms with Gasteiger partial charge in [-0.15, -0.1) is 12.6 Å². The van der Waals surface area contributed by atoms with Crippen molar-refractivity contribution < 1.29 is 18.9 Å². The number of hydrogen-bond donors (Lipinski definition) is 2. The molecule has 0 aromatic heterocycles. The Morgan fingerprint density at radius 3 is 2.45 bits per heavy atom. The molecule has 0 aromatic rings. The molecule has 0 aliphatic heterocycles. The zero-order chi connectivity index (χ0) is 15.7. The smallest absolute Gasteiger partial charge is 0.308 e. The first-order valence-corrected chi connectivity index (χ1v) is 8.57. The van der Waals surface area contributed by atoms with Crippen LogP contribution in [0.25, 0.3) is 0 Å². The molecule has 0 aliphatic carbocycles. The fraction of sp³-hybridized carbons (Fsp3) is 0.846. The summed E-state index contributed by atoms with van der Waals surface area (Å²) in [7, 11) is 1.33. The molecule has 0 fully saturated rings. The molecular formula is C13H25NO4S2. The molecule has 0 saturated carbocycles. The number of hydrogen-bond acceptors (Lipinski definition) is 5. The van der Waals surface area contributed by atoms with Crippen LogP contribution in [0.15, 0.2) is 0 Å². The summed E-state index contributed by atoms with van der Waals surface area (Å²) in [4.78, 5) is 22.8. The number of amides is 1. The van der Waals surface area contributed by atoms with Crippen LogP contribution in [0.5, 0.6) is 0 Å². The Kier molecular flexibility index (Phi) is 10.1. The van der Waals surface area contributed by atoms with Gasteiger partial charge in [0.25, 0.3) is 0 Å². The molecule has 0 bridgehead atoms. The van der Waals surface area contributed by atoms with E-state index in [1.807, 2.05) is 13.8 Å². The molecule has 3 unspecified atom stereocenters. The molecule has 0 aromatic carbocycles. The second-order valence-corrected chi connectivity index (χ2v) is 7.87. The van der Waals surface area contributed by atoms with Crippen LogP contribution < -0.4 is 5.32 Å². The zero-order valence-electron chi connectivity index (χ0n) is 12.5. The maximum atomic E-state index is 11.9. The Balaban J connectivity index is 3.99. The van der Waals surface area contributed by atoms with Gasteiger partial charge in [0.1, 0.15) is 5.75 Å². The Hall–Kier alpha value is -0.400. The van der Waals surface area contributed by atoms with E-state index in [1.165, 1.54) is 7.11 Å². The Morgan fingerprint density at radius 1 is 1.35 bits per heavy atom. The van der Waals surface area contributed by atoms with Crippen LogP contribution in [-0.4, -0.2) is 40.4 Å². The summed E-state index contributed by atoms with van der Waals surface area (Å²) in [5.41, 5.74) is 0. The van der Waals surface area contributed by atoms with Crippen LogP contribution in [0.4, 0.5) is 0 Å². The van der Waals surface area contributed by atoms with E-state index < -0.39 is 15.8 Å². The van der Waals surface area contributed by atoms with Crippen molar-refractivity contribution in [2.24, 2.45) is 11.8 Å². The summed E-state index contributed by atoms with van der Waals surface area (Å²) in [6.07, 6.45) is 0.582. The molecule has 0 spiro atoms. The minimum absolute atomic E-state index is 0.120. The molecule has 0 saturated heterocycles. The minimum atomic E-state index is -1.24. The molecule has 0 aliphatic rings. The van der Waals surface area contributed by atoms with Gasteiger partial charge in [0.2, 0.25) is 5.91 Å². The zero-order valence-corrected chi connectivity index (χ0v) is 14.3. The van der Waals surface area contributed by atoms with Crippen molar-refractivity contribution in [2.45, 2.75) is 38.2 Å². The standard InChI is InChI=1S/C13H25NO4S2/c1-9(2)8-14-11(15)7-12(19)20(17)6-5-10(3)13(16)18-4/h9-10,12,19H,5-8H2,1-4H3,(H,14,15). The number of rotatable bonds is 9. The SMILES string of the molecule is COC(=O)C(C)CC[S+]([O-])C(S)CC(=O)NCC(C)C. The molecule has 20 heavy (non-hydrogen) atoms. The first kappa shape index (κ1) is 19.6. The summed E-state index contributed by atoms with van der Waals surface area (Å²) in [5, 5.41) is 2.76. The minimum Gasteiger partial charge on any atom is -0.615 e. The second kappa shape index (κ2) is 10.3. The Morgan fingerprint density at radius 2 is 1.95 bits per heavy atom. The van der Waals surface area contributed by atoms with E-state index in [-0.39, 0.29) is 24.2 Å². The van der Waals surface area contributed by atoms with E-state index in [2.05, 4.69) is 22.7 Å². The average molecular weight is 323 g/mol. The summed E-state index contributed by atoms with van der Waals surface area (Å²) in [5.74, 6) is -0.0366. The van der Waals surface area contributed by atoms with E-state index in [0.29, 0.717) is 24.6 Å². The van der Waals surface area contributed by atoms with E-state index in [9.17, 15) is 14.1 Å². The lowest BCUT2D eigenvalue weighted by Crippen LogP contribution is -2.32. The molecule has 1 N–H and O–H groups in total. The first-order valence-electron chi connectivity index (χ1n) is 6.67. The molecule has 7 heteroatoms. The van der Waals surface area contributed by atoms with Gasteiger partial charge < -0.3 is 14.6 Å². The van der Waals surface area contributed by atoms with E-state index >= 15 is 0 Å². The van der Waals surface area contributed by atoms with Gasteiger partial charge in [0, 0.05) is 13.0 Å². The van der Waals surface area contributed by atoms with Crippen LogP contribution in [0.1, 0.15) is 33.6 Å². The van der Waals surface area contributed by atoms with Crippen molar-refractivity contribution in [3.05, 3.63) is 0 Å². The molecule has 5 nitrogen and oxygen atoms in total. The number of methoxy groups -OCH3 is 1. The van der Waals surface area contributed by atoms with Crippen molar-refractivity contribution in [3.63, 3.8) is 0 Å². The summed E-state index contributed by atoms with van der Waals surface area (Å²) in [6, 6.07) is 0. The highest BCUT2D eigenvalue weighted by atomic mass is 32.2. The van der Waals surface area contributed by atoms with Crippen LogP contribution in [-0.2, 0) is 25.5 Å². The van der Waals surface area contributed by atoms with Crippen molar-refractivity contribution in [1.82, 2.24) is 5.32 Å². The highest BCUT2D eigenvalue weighted by molar-refractivity contribution is 8.04. The van der Waals surface area contributed by atoms with E-state index in [1.54, 1.807) is 6.92 Å². The molecule has 0 rings (SSSR count). The molecule has 1 amide bonds. The van der Waals surface area contributed by atoms with Crippen molar-refractivity contribution in [3.8, 4) is 0 Å². The summed E-state index contributed by atoms with van der Waals surface area (Å²) < 4.78 is 16.0. The van der Waals surface area contributed by atoms with Gasteiger partial charge in [-0.3, -0.25) is 9.59 Å². The lowest BCUT2D eigenvalue weighted by molar-refractivity contribution is -0.144. The molecule has 3 atom stereocenters. The topological polar surface area (TPSA) is 78.5 Å². The Labute approximate surface area is 129 Å². The van der Waals surface area contributed by atoms with Gasteiger partial charge in [-0.2, -0.15) is 0 Å². The predicted molar refractivity (Wildman–Crippen MR) is 84.0 cm³/mol. The largest absolute Gasteiger partial charge is 0.615 e. The lowest BCUT2D eigenvalue weighted by atomic mass is 10.1. The molecular weight excluding hydrogens is 298 g/mol. The summed E-state index contributed by atoms with van der Waals surface area (Å²) in [6.45, 7) is 6.34. The third kappa shape index (κ3) is 8.71. The van der Waals surface area contributed by atoms with Gasteiger partial charge in [0.05, 0.1) is 19.4 Å². The third-order valence-electron chi connectivity index (χ3n) is 2.73. The third-order valence-corrected chi connectivity index (χ3v) is 5.03. The van der Waals surface area contributed by atoms with E-state index in [0.717, 1.165) is 0 Å². The highest BCUT2D eigenvalue weighted by Gasteiger charge is 2.24. The lowest BCUT2D eigenvalue weighted by Gasteiger charge is -2.18. The number of thiol groups is 1. The van der Waals surface area contributed by atoms with Crippen LogP contribution in [0.2, 0.25) is 0 Å². The van der Waals surface area contributed by atoms with Gasteiger partial charge in [0.15, 0.2) is 4.58 Å². The molecule has 0 radical (unpaired) electrons. The van der Waals surface area contributed by atoms with Crippen LogP contribution >= 0.6 is 12.6 Å². The van der Waals surface area contributed by atoms with Crippen molar-refractivity contribution in [1.29, 1.82) is 0 Å². The quantitative estimate of drug-likeness (QED) is 0.381. The van der Waals surface area contributed by atoms with Crippen LogP contribution in [0, 0.1) is 11.8 Å². The van der Waals surface area contributed by atoms with Crippen molar-refractivity contribution in [2.75, 3.05) is 19.4 Å². The average Bonchev–Trinajstić information content (AvgIpc) is 2.40. The molecule has 118 valence electrons. The number of nitrogens with one attached hydrogen (secondary N) is 1. The fourth-order valence-corrected chi connectivity index (χ4v) is 3.07. The number of carbonyl (C=O) groups is 2. The second-order valence-electron chi connectivity index (χ2n) is 5.15. The first-order chi connectivity index (χ1) is 9.27. The monoisotopic (exact) mass is 323 g/mol. The van der Waals surface area contributed by atoms with Gasteiger partial charge in [-0.25, -0.2) is 0 Å². The normalized spacial score (nSPS) is 15.6. The van der Waals surface area contributed by atoms with Crippen molar-refractivity contribution >= 4 is 35.7 Å². The van der Waals surface area contributed by atoms with Gasteiger partial charge in [-0.1, -0.05) is 20.8 Å². The summed E-state index contributed by atoms with van der Waals surface area (Å²) >= 11 is 2.97. The van der Waals surface area contributed by atoms with E-state index in [4.69, 9.17) is 0 Å².